The number of aliphatic carboxylic acids is 1. The molecule has 1 atom stereocenters. The molecule has 1 aliphatic heterocycles. The Morgan fingerprint density at radius 3 is 2.65 bits per heavy atom. The largest absolute Gasteiger partial charge is 0.480 e. The van der Waals surface area contributed by atoms with Crippen LogP contribution in [0.25, 0.3) is 10.3 Å². The molecule has 1 fully saturated rings. The van der Waals surface area contributed by atoms with Crippen LogP contribution < -0.4 is 9.64 Å². The van der Waals surface area contributed by atoms with Gasteiger partial charge in [-0.05, 0) is 24.3 Å². The van der Waals surface area contributed by atoms with Crippen LogP contribution in [-0.4, -0.2) is 71.0 Å². The van der Waals surface area contributed by atoms with Gasteiger partial charge in [-0.2, -0.15) is 18.1 Å². The fraction of sp³-hybridized carbons (Fsp3) is 0.294. The number of anilines is 1. The molecule has 0 unspecified atom stereocenters. The number of ether oxygens (including phenoxy) is 1. The normalized spacial score (nSPS) is 17.9. The molecule has 0 amide bonds. The van der Waals surface area contributed by atoms with E-state index in [1.54, 1.807) is 11.1 Å². The van der Waals surface area contributed by atoms with Crippen molar-refractivity contribution in [1.29, 1.82) is 0 Å². The molecule has 1 N–H and O–H groups in total. The maximum Gasteiger partial charge on any atom is 0.387 e. The van der Waals surface area contributed by atoms with Crippen molar-refractivity contribution in [3.8, 4) is 5.75 Å². The smallest absolute Gasteiger partial charge is 0.387 e. The van der Waals surface area contributed by atoms with E-state index in [1.165, 1.54) is 17.7 Å². The molecule has 3 heterocycles. The number of aromatic nitrogens is 3. The number of benzene rings is 1. The lowest BCUT2D eigenvalue weighted by molar-refractivity contribution is -0.141. The highest BCUT2D eigenvalue weighted by Crippen LogP contribution is 2.30. The number of hydrogen-bond acceptors (Lipinski definition) is 9. The number of carbonyl (C=O) groups is 1. The molecule has 164 valence electrons. The molecule has 0 spiro atoms. The van der Waals surface area contributed by atoms with Crippen LogP contribution in [0.3, 0.4) is 0 Å². The van der Waals surface area contributed by atoms with E-state index >= 15 is 0 Å². The Morgan fingerprint density at radius 2 is 2.00 bits per heavy atom. The van der Waals surface area contributed by atoms with Gasteiger partial charge in [0.1, 0.15) is 18.1 Å². The van der Waals surface area contributed by atoms with Crippen molar-refractivity contribution in [3.05, 3.63) is 36.8 Å². The van der Waals surface area contributed by atoms with Crippen molar-refractivity contribution in [1.82, 2.24) is 19.3 Å². The summed E-state index contributed by atoms with van der Waals surface area (Å²) in [6.45, 7) is -3.05. The quantitative estimate of drug-likeness (QED) is 0.571. The molecule has 0 aliphatic carbocycles. The second-order valence-corrected chi connectivity index (χ2v) is 9.37. The molecule has 0 radical (unpaired) electrons. The van der Waals surface area contributed by atoms with E-state index in [4.69, 9.17) is 0 Å². The van der Waals surface area contributed by atoms with E-state index in [1.807, 2.05) is 0 Å². The molecule has 1 aliphatic rings. The highest BCUT2D eigenvalue weighted by atomic mass is 32.2. The molecule has 1 saturated heterocycles. The van der Waals surface area contributed by atoms with Gasteiger partial charge in [0.2, 0.25) is 10.0 Å². The van der Waals surface area contributed by atoms with Crippen LogP contribution in [0.15, 0.2) is 41.7 Å². The van der Waals surface area contributed by atoms with Crippen molar-refractivity contribution in [2.24, 2.45) is 0 Å². The van der Waals surface area contributed by atoms with Crippen molar-refractivity contribution < 1.29 is 31.8 Å². The van der Waals surface area contributed by atoms with Crippen molar-refractivity contribution in [3.63, 3.8) is 0 Å². The van der Waals surface area contributed by atoms with Crippen LogP contribution in [-0.2, 0) is 14.8 Å². The average molecular weight is 471 g/mol. The third-order valence-electron chi connectivity index (χ3n) is 4.60. The summed E-state index contributed by atoms with van der Waals surface area (Å²) in [5.74, 6) is -1.51. The predicted octanol–water partition coefficient (Wildman–Crippen LogP) is 1.65. The minimum absolute atomic E-state index is 0.101. The summed E-state index contributed by atoms with van der Waals surface area (Å²) in [4.78, 5) is 25.7. The zero-order valence-corrected chi connectivity index (χ0v) is 17.3. The first-order valence-electron chi connectivity index (χ1n) is 8.87. The van der Waals surface area contributed by atoms with Crippen molar-refractivity contribution in [2.75, 3.05) is 24.5 Å². The van der Waals surface area contributed by atoms with Gasteiger partial charge >= 0.3 is 12.6 Å². The number of carboxylic acids is 1. The van der Waals surface area contributed by atoms with Gasteiger partial charge in [-0.15, -0.1) is 0 Å². The number of sulfonamides is 1. The number of thiazole rings is 1. The van der Waals surface area contributed by atoms with Crippen molar-refractivity contribution in [2.45, 2.75) is 17.5 Å². The number of nitrogens with zero attached hydrogens (tertiary/aromatic N) is 5. The summed E-state index contributed by atoms with van der Waals surface area (Å²) < 4.78 is 56.5. The van der Waals surface area contributed by atoms with Gasteiger partial charge in [0, 0.05) is 25.8 Å². The number of halogens is 2. The lowest BCUT2D eigenvalue weighted by Gasteiger charge is -2.38. The minimum atomic E-state index is -4.19. The fourth-order valence-corrected chi connectivity index (χ4v) is 5.66. The number of fused-ring (bicyclic) bond motifs is 1. The first kappa shape index (κ1) is 21.3. The molecular formula is C17H15F2N5O5S2. The van der Waals surface area contributed by atoms with Gasteiger partial charge < -0.3 is 14.7 Å². The number of piperazine rings is 1. The Balaban J connectivity index is 1.58. The minimum Gasteiger partial charge on any atom is -0.480 e. The summed E-state index contributed by atoms with van der Waals surface area (Å²) in [5.41, 5.74) is 0.475. The third-order valence-corrected chi connectivity index (χ3v) is 7.57. The summed E-state index contributed by atoms with van der Waals surface area (Å²) in [5, 5.41) is 10.2. The molecule has 0 bridgehead atoms. The molecular weight excluding hydrogens is 456 g/mol. The van der Waals surface area contributed by atoms with E-state index in [-0.39, 0.29) is 30.3 Å². The maximum atomic E-state index is 13.0. The van der Waals surface area contributed by atoms with E-state index in [0.717, 1.165) is 33.3 Å². The highest BCUT2D eigenvalue weighted by molar-refractivity contribution is 7.89. The van der Waals surface area contributed by atoms with E-state index in [9.17, 15) is 27.1 Å². The summed E-state index contributed by atoms with van der Waals surface area (Å²) in [6.07, 6.45) is 2.95. The first-order valence-corrected chi connectivity index (χ1v) is 11.1. The molecule has 31 heavy (non-hydrogen) atoms. The number of alkyl halides is 2. The van der Waals surface area contributed by atoms with Gasteiger partial charge in [0.05, 0.1) is 9.60 Å². The molecule has 4 rings (SSSR count). The molecule has 3 aromatic rings. The summed E-state index contributed by atoms with van der Waals surface area (Å²) in [6, 6.07) is 3.02. The van der Waals surface area contributed by atoms with Crippen LogP contribution >= 0.6 is 11.3 Å². The Kier molecular flexibility index (Phi) is 5.68. The number of carboxylic acid groups (broad SMARTS) is 1. The van der Waals surface area contributed by atoms with E-state index in [2.05, 4.69) is 19.7 Å². The van der Waals surface area contributed by atoms with Gasteiger partial charge in [0.25, 0.3) is 0 Å². The number of hydrogen-bond donors (Lipinski definition) is 1. The molecule has 2 aromatic heterocycles. The van der Waals surface area contributed by atoms with Crippen LogP contribution in [0.4, 0.5) is 13.9 Å². The fourth-order valence-electron chi connectivity index (χ4n) is 3.17. The highest BCUT2D eigenvalue weighted by Gasteiger charge is 2.41. The molecule has 0 saturated carbocycles. The average Bonchev–Trinajstić information content (AvgIpc) is 3.17. The topological polar surface area (TPSA) is 126 Å². The maximum absolute atomic E-state index is 13.0. The zero-order valence-electron chi connectivity index (χ0n) is 15.6. The monoisotopic (exact) mass is 471 g/mol. The predicted molar refractivity (Wildman–Crippen MR) is 106 cm³/mol. The second kappa shape index (κ2) is 8.28. The molecule has 1 aromatic carbocycles. The Bertz CT molecular complexity index is 1170. The third kappa shape index (κ3) is 4.26. The lowest BCUT2D eigenvalue weighted by atomic mass is 10.2. The Morgan fingerprint density at radius 1 is 1.26 bits per heavy atom. The van der Waals surface area contributed by atoms with Gasteiger partial charge in [-0.25, -0.2) is 18.4 Å². The van der Waals surface area contributed by atoms with Crippen molar-refractivity contribution >= 4 is 42.8 Å². The standard InChI is InChI=1S/C17H15F2N5O5S2/c18-16(19)29-10-1-3-11(4-2-10)31(27,28)24-6-5-23(8-12(24)15(25)26)17-22-14-13(30-17)7-20-9-21-14/h1-4,7,9,12,16H,5-6,8H2,(H,25,26)/t12-/m1/s1. The molecule has 14 heteroatoms. The van der Waals surface area contributed by atoms with E-state index < -0.39 is 28.6 Å². The van der Waals surface area contributed by atoms with Crippen LogP contribution in [0.2, 0.25) is 0 Å². The second-order valence-electron chi connectivity index (χ2n) is 6.47. The van der Waals surface area contributed by atoms with Gasteiger partial charge in [-0.3, -0.25) is 4.79 Å². The van der Waals surface area contributed by atoms with Crippen LogP contribution in [0.5, 0.6) is 5.75 Å². The summed E-state index contributed by atoms with van der Waals surface area (Å²) >= 11 is 1.28. The van der Waals surface area contributed by atoms with Crippen LogP contribution in [0, 0.1) is 0 Å². The van der Waals surface area contributed by atoms with Gasteiger partial charge in [0.15, 0.2) is 10.8 Å². The first-order chi connectivity index (χ1) is 14.8. The lowest BCUT2D eigenvalue weighted by Crippen LogP contribution is -2.58. The Labute approximate surface area is 178 Å². The van der Waals surface area contributed by atoms with Gasteiger partial charge in [-0.1, -0.05) is 11.3 Å². The van der Waals surface area contributed by atoms with Crippen LogP contribution in [0.1, 0.15) is 0 Å². The molecule has 10 nitrogen and oxygen atoms in total. The zero-order chi connectivity index (χ0) is 22.2. The summed E-state index contributed by atoms with van der Waals surface area (Å²) in [7, 11) is -4.19. The van der Waals surface area contributed by atoms with E-state index in [0.29, 0.717) is 10.8 Å². The Hall–Kier alpha value is -2.97. The number of rotatable bonds is 6. The SMILES string of the molecule is O=C(O)[C@H]1CN(c2nc3ncncc3s2)CCN1S(=O)(=O)c1ccc(OC(F)F)cc1.